The summed E-state index contributed by atoms with van der Waals surface area (Å²) in [6.45, 7) is 14.2. The second-order valence-electron chi connectivity index (χ2n) is 12.2. The number of carbonyl (C=O) groups excluding carboxylic acids is 2. The smallest absolute Gasteiger partial charge is 0.407 e. The summed E-state index contributed by atoms with van der Waals surface area (Å²) in [4.78, 5) is 23.4. The summed E-state index contributed by atoms with van der Waals surface area (Å²) < 4.78 is 59.9. The summed E-state index contributed by atoms with van der Waals surface area (Å²) in [7, 11) is 0. The molecule has 0 saturated heterocycles. The Morgan fingerprint density at radius 3 is 1.38 bits per heavy atom. The van der Waals surface area contributed by atoms with E-state index in [0.29, 0.717) is 125 Å². The average Bonchev–Trinajstić information content (AvgIpc) is 3.14. The second-order valence-corrected chi connectivity index (χ2v) is 12.2. The molecule has 300 valence electrons. The Bertz CT molecular complexity index is 1170. The molecule has 53 heavy (non-hydrogen) atoms. The van der Waals surface area contributed by atoms with Crippen molar-refractivity contribution in [1.29, 1.82) is 0 Å². The van der Waals surface area contributed by atoms with Crippen molar-refractivity contribution in [3.05, 3.63) is 65.7 Å². The molecule has 2 aromatic carbocycles. The van der Waals surface area contributed by atoms with Crippen LogP contribution in [-0.2, 0) is 60.5 Å². The van der Waals surface area contributed by atoms with Gasteiger partial charge in [-0.1, -0.05) is 42.5 Å². The zero-order valence-corrected chi connectivity index (χ0v) is 31.6. The van der Waals surface area contributed by atoms with Crippen LogP contribution in [0.4, 0.5) is 9.59 Å². The maximum Gasteiger partial charge on any atom is 0.407 e. The number of amides is 2. The first-order chi connectivity index (χ1) is 25.8. The van der Waals surface area contributed by atoms with Crippen LogP contribution < -0.4 is 15.4 Å². The molecule has 0 aliphatic heterocycles. The van der Waals surface area contributed by atoms with E-state index in [1.165, 1.54) is 0 Å². The molecule has 0 bridgehead atoms. The van der Waals surface area contributed by atoms with Crippen molar-refractivity contribution < 1.29 is 61.7 Å². The van der Waals surface area contributed by atoms with E-state index in [9.17, 15) is 9.59 Å². The van der Waals surface area contributed by atoms with Crippen molar-refractivity contribution in [1.82, 2.24) is 10.6 Å². The molecule has 0 unspecified atom stereocenters. The van der Waals surface area contributed by atoms with Gasteiger partial charge in [0.2, 0.25) is 0 Å². The lowest BCUT2D eigenvalue weighted by atomic mass is 10.2. The van der Waals surface area contributed by atoms with Crippen LogP contribution in [0.15, 0.2) is 54.6 Å². The number of alkyl carbamates (subject to hydrolysis) is 2. The van der Waals surface area contributed by atoms with Crippen LogP contribution >= 0.6 is 0 Å². The first kappa shape index (κ1) is 45.6. The first-order valence-electron chi connectivity index (χ1n) is 18.1. The molecule has 2 aromatic rings. The summed E-state index contributed by atoms with van der Waals surface area (Å²) in [5, 5.41) is 5.37. The molecule has 2 N–H and O–H groups in total. The predicted octanol–water partition coefficient (Wildman–Crippen LogP) is 4.15. The number of benzene rings is 2. The molecule has 0 atom stereocenters. The molecule has 0 aromatic heterocycles. The highest BCUT2D eigenvalue weighted by atomic mass is 16.6. The summed E-state index contributed by atoms with van der Waals surface area (Å²) >= 11 is 0. The average molecular weight is 753 g/mol. The fourth-order valence-electron chi connectivity index (χ4n) is 4.05. The SMILES string of the molecule is CC(C)(C)OC(=O)NCCOCCOCCOCCOCCOCCOCCOCCOCCOc1ccc(CNC(=O)OCc2ccccc2)cc1. The fourth-order valence-corrected chi connectivity index (χ4v) is 4.05. The molecule has 0 heterocycles. The number of ether oxygens (including phenoxy) is 11. The molecule has 2 rings (SSSR count). The topological polar surface area (TPSA) is 160 Å². The summed E-state index contributed by atoms with van der Waals surface area (Å²) in [5.41, 5.74) is 1.36. The van der Waals surface area contributed by atoms with Crippen LogP contribution in [0.5, 0.6) is 5.75 Å². The van der Waals surface area contributed by atoms with Gasteiger partial charge in [0.1, 0.15) is 24.6 Å². The molecular formula is C38H60N2O13. The van der Waals surface area contributed by atoms with Gasteiger partial charge in [-0.05, 0) is 44.0 Å². The van der Waals surface area contributed by atoms with E-state index in [0.717, 1.165) is 16.9 Å². The molecule has 0 fully saturated rings. The molecule has 15 nitrogen and oxygen atoms in total. The van der Waals surface area contributed by atoms with Crippen molar-refractivity contribution in [3.8, 4) is 5.75 Å². The fraction of sp³-hybridized carbons (Fsp3) is 0.632. The van der Waals surface area contributed by atoms with E-state index in [-0.39, 0.29) is 6.61 Å². The molecule has 2 amide bonds. The van der Waals surface area contributed by atoms with Gasteiger partial charge in [0.15, 0.2) is 0 Å². The minimum absolute atomic E-state index is 0.232. The van der Waals surface area contributed by atoms with E-state index in [2.05, 4.69) is 10.6 Å². The molecular weight excluding hydrogens is 692 g/mol. The highest BCUT2D eigenvalue weighted by Gasteiger charge is 2.15. The van der Waals surface area contributed by atoms with Crippen molar-refractivity contribution in [2.75, 3.05) is 119 Å². The van der Waals surface area contributed by atoms with Crippen LogP contribution in [0.1, 0.15) is 31.9 Å². The normalized spacial score (nSPS) is 11.3. The Balaban J connectivity index is 1.23. The summed E-state index contributed by atoms with van der Waals surface area (Å²) in [6, 6.07) is 17.0. The van der Waals surface area contributed by atoms with Crippen molar-refractivity contribution in [2.24, 2.45) is 0 Å². The van der Waals surface area contributed by atoms with Gasteiger partial charge >= 0.3 is 12.2 Å². The molecule has 0 aliphatic rings. The largest absolute Gasteiger partial charge is 0.491 e. The van der Waals surface area contributed by atoms with E-state index < -0.39 is 17.8 Å². The van der Waals surface area contributed by atoms with Gasteiger partial charge in [0.25, 0.3) is 0 Å². The number of carbonyl (C=O) groups is 2. The number of hydrogen-bond donors (Lipinski definition) is 2. The Hall–Kier alpha value is -3.54. The lowest BCUT2D eigenvalue weighted by molar-refractivity contribution is -0.0235. The minimum atomic E-state index is -0.517. The molecule has 0 aliphatic carbocycles. The maximum absolute atomic E-state index is 11.9. The monoisotopic (exact) mass is 752 g/mol. The molecule has 0 saturated carbocycles. The Morgan fingerprint density at radius 2 is 0.925 bits per heavy atom. The van der Waals surface area contributed by atoms with E-state index in [1.54, 1.807) is 0 Å². The van der Waals surface area contributed by atoms with Crippen LogP contribution in [0, 0.1) is 0 Å². The number of nitrogens with one attached hydrogen (secondary N) is 2. The van der Waals surface area contributed by atoms with E-state index in [1.807, 2.05) is 75.4 Å². The zero-order valence-electron chi connectivity index (χ0n) is 31.6. The van der Waals surface area contributed by atoms with Crippen molar-refractivity contribution in [3.63, 3.8) is 0 Å². The van der Waals surface area contributed by atoms with E-state index >= 15 is 0 Å². The Labute approximate surface area is 314 Å². The highest BCUT2D eigenvalue weighted by Crippen LogP contribution is 2.12. The van der Waals surface area contributed by atoms with Gasteiger partial charge in [-0.15, -0.1) is 0 Å². The highest BCUT2D eigenvalue weighted by molar-refractivity contribution is 5.67. The Morgan fingerprint density at radius 1 is 0.491 bits per heavy atom. The van der Waals surface area contributed by atoms with Crippen LogP contribution in [0.2, 0.25) is 0 Å². The molecule has 0 radical (unpaired) electrons. The van der Waals surface area contributed by atoms with Gasteiger partial charge in [-0.25, -0.2) is 9.59 Å². The van der Waals surface area contributed by atoms with Gasteiger partial charge in [0.05, 0.1) is 106 Å². The molecule has 15 heteroatoms. The number of hydrogen-bond acceptors (Lipinski definition) is 13. The first-order valence-corrected chi connectivity index (χ1v) is 18.1. The van der Waals surface area contributed by atoms with E-state index in [4.69, 9.17) is 52.1 Å². The quantitative estimate of drug-likeness (QED) is 0.103. The van der Waals surface area contributed by atoms with Crippen LogP contribution in [0.25, 0.3) is 0 Å². The van der Waals surface area contributed by atoms with Crippen molar-refractivity contribution in [2.45, 2.75) is 39.5 Å². The number of rotatable bonds is 32. The third-order valence-corrected chi connectivity index (χ3v) is 6.59. The lowest BCUT2D eigenvalue weighted by Crippen LogP contribution is -2.34. The predicted molar refractivity (Wildman–Crippen MR) is 196 cm³/mol. The summed E-state index contributed by atoms with van der Waals surface area (Å²) in [5.74, 6) is 0.723. The maximum atomic E-state index is 11.9. The third-order valence-electron chi connectivity index (χ3n) is 6.59. The molecule has 0 spiro atoms. The minimum Gasteiger partial charge on any atom is -0.491 e. The standard InChI is InChI=1S/C38H60N2O13/c1-38(2,3)53-37(42)39-13-14-43-15-16-44-17-18-45-19-20-46-21-22-47-23-24-48-25-26-49-27-28-50-29-30-51-35-11-9-33(10-12-35)31-40-36(41)52-32-34-7-5-4-6-8-34/h4-12H,13-32H2,1-3H3,(H,39,42)(H,40,41). The van der Waals surface area contributed by atoms with Gasteiger partial charge < -0.3 is 62.7 Å². The summed E-state index contributed by atoms with van der Waals surface area (Å²) in [6.07, 6.45) is -0.920. The van der Waals surface area contributed by atoms with Crippen molar-refractivity contribution >= 4 is 12.2 Å². The zero-order chi connectivity index (χ0) is 38.1. The Kier molecular flexibility index (Phi) is 26.6. The van der Waals surface area contributed by atoms with Crippen LogP contribution in [-0.4, -0.2) is 137 Å². The van der Waals surface area contributed by atoms with Gasteiger partial charge in [-0.2, -0.15) is 0 Å². The lowest BCUT2D eigenvalue weighted by Gasteiger charge is -2.19. The second kappa shape index (κ2) is 30.9. The van der Waals surface area contributed by atoms with Crippen LogP contribution in [0.3, 0.4) is 0 Å². The van der Waals surface area contributed by atoms with Gasteiger partial charge in [0, 0.05) is 13.1 Å². The third kappa shape index (κ3) is 28.6. The van der Waals surface area contributed by atoms with Gasteiger partial charge in [-0.3, -0.25) is 0 Å².